The average Bonchev–Trinajstić information content (AvgIpc) is 2.66. The Labute approximate surface area is 159 Å². The topological polar surface area (TPSA) is 74.0 Å². The molecule has 0 unspecified atom stereocenters. The van der Waals surface area contributed by atoms with Crippen molar-refractivity contribution in [2.45, 2.75) is 6.92 Å². The van der Waals surface area contributed by atoms with E-state index in [0.717, 1.165) is 11.3 Å². The summed E-state index contributed by atoms with van der Waals surface area (Å²) in [6.45, 7) is 2.75. The molecule has 1 aliphatic rings. The zero-order valence-electron chi connectivity index (χ0n) is 16.0. The fraction of sp³-hybridized carbons (Fsp3) is 0.286. The second-order valence-electron chi connectivity index (χ2n) is 6.57. The summed E-state index contributed by atoms with van der Waals surface area (Å²) in [5.74, 6) is 1.71. The predicted molar refractivity (Wildman–Crippen MR) is 107 cm³/mol. The van der Waals surface area contributed by atoms with Crippen LogP contribution in [0.5, 0.6) is 17.2 Å². The molecular formula is C21H24N2O4. The van der Waals surface area contributed by atoms with Crippen molar-refractivity contribution in [2.75, 3.05) is 45.1 Å². The van der Waals surface area contributed by atoms with E-state index in [4.69, 9.17) is 19.9 Å². The number of anilines is 2. The summed E-state index contributed by atoms with van der Waals surface area (Å²) >= 11 is 0. The molecule has 1 aliphatic heterocycles. The van der Waals surface area contributed by atoms with Crippen molar-refractivity contribution < 1.29 is 19.0 Å². The van der Waals surface area contributed by atoms with E-state index in [1.807, 2.05) is 37.2 Å². The van der Waals surface area contributed by atoms with Gasteiger partial charge in [-0.1, -0.05) is 0 Å². The van der Waals surface area contributed by atoms with Crippen LogP contribution >= 0.6 is 0 Å². The van der Waals surface area contributed by atoms with Crippen LogP contribution in [0.25, 0.3) is 6.08 Å². The molecule has 0 saturated carbocycles. The molecule has 3 rings (SSSR count). The van der Waals surface area contributed by atoms with Gasteiger partial charge in [0, 0.05) is 19.7 Å². The van der Waals surface area contributed by atoms with E-state index < -0.39 is 0 Å². The Morgan fingerprint density at radius 3 is 2.59 bits per heavy atom. The van der Waals surface area contributed by atoms with Crippen molar-refractivity contribution in [3.8, 4) is 17.2 Å². The lowest BCUT2D eigenvalue weighted by Gasteiger charge is -2.21. The minimum Gasteiger partial charge on any atom is -0.493 e. The summed E-state index contributed by atoms with van der Waals surface area (Å²) in [5, 5.41) is 0. The monoisotopic (exact) mass is 368 g/mol. The third-order valence-corrected chi connectivity index (χ3v) is 4.36. The van der Waals surface area contributed by atoms with Crippen molar-refractivity contribution in [1.82, 2.24) is 0 Å². The van der Waals surface area contributed by atoms with Gasteiger partial charge in [-0.15, -0.1) is 0 Å². The number of methoxy groups -OCH3 is 1. The largest absolute Gasteiger partial charge is 0.493 e. The van der Waals surface area contributed by atoms with Gasteiger partial charge in [-0.05, 0) is 54.5 Å². The fourth-order valence-electron chi connectivity index (χ4n) is 3.02. The van der Waals surface area contributed by atoms with Crippen molar-refractivity contribution >= 4 is 23.2 Å². The summed E-state index contributed by atoms with van der Waals surface area (Å²) < 4.78 is 16.6. The first-order valence-corrected chi connectivity index (χ1v) is 8.68. The first-order chi connectivity index (χ1) is 12.9. The van der Waals surface area contributed by atoms with Crippen molar-refractivity contribution in [3.63, 3.8) is 0 Å². The lowest BCUT2D eigenvalue weighted by Crippen LogP contribution is -2.16. The van der Waals surface area contributed by atoms with E-state index in [-0.39, 0.29) is 5.78 Å². The van der Waals surface area contributed by atoms with E-state index >= 15 is 0 Å². The van der Waals surface area contributed by atoms with Crippen LogP contribution in [-0.4, -0.2) is 40.2 Å². The van der Waals surface area contributed by atoms with Crippen LogP contribution in [0.15, 0.2) is 35.9 Å². The van der Waals surface area contributed by atoms with Gasteiger partial charge in [-0.2, -0.15) is 0 Å². The normalized spacial score (nSPS) is 13.3. The minimum atomic E-state index is -0.0825. The lowest BCUT2D eigenvalue weighted by molar-refractivity contribution is 0.103. The van der Waals surface area contributed by atoms with E-state index in [1.165, 1.54) is 0 Å². The third kappa shape index (κ3) is 3.84. The number of nitrogens with zero attached hydrogens (tertiary/aromatic N) is 1. The highest BCUT2D eigenvalue weighted by molar-refractivity contribution is 6.11. The second kappa shape index (κ2) is 7.61. The number of ether oxygens (including phenoxy) is 3. The third-order valence-electron chi connectivity index (χ3n) is 4.36. The first-order valence-electron chi connectivity index (χ1n) is 8.68. The summed E-state index contributed by atoms with van der Waals surface area (Å²) in [6, 6.07) is 9.02. The molecular weight excluding hydrogens is 344 g/mol. The Kier molecular flexibility index (Phi) is 5.26. The molecule has 0 saturated heterocycles. The van der Waals surface area contributed by atoms with Gasteiger partial charge in [0.25, 0.3) is 0 Å². The van der Waals surface area contributed by atoms with Crippen LogP contribution < -0.4 is 24.8 Å². The number of benzene rings is 2. The number of ketones is 1. The minimum absolute atomic E-state index is 0.0825. The number of allylic oxidation sites excluding steroid dienone is 1. The molecule has 0 bridgehead atoms. The van der Waals surface area contributed by atoms with E-state index in [1.54, 1.807) is 32.2 Å². The molecule has 6 nitrogen and oxygen atoms in total. The number of rotatable bonds is 5. The van der Waals surface area contributed by atoms with Gasteiger partial charge in [0.15, 0.2) is 17.3 Å². The van der Waals surface area contributed by atoms with Crippen LogP contribution in [0.4, 0.5) is 11.4 Å². The maximum absolute atomic E-state index is 12.8. The molecule has 2 aromatic rings. The van der Waals surface area contributed by atoms with E-state index in [9.17, 15) is 4.79 Å². The molecule has 27 heavy (non-hydrogen) atoms. The molecule has 0 amide bonds. The standard InChI is InChI=1S/C21H24N2O4/c1-13(20(24)15-5-6-17(23(2)3)16(22)12-15)9-14-10-18(25-4)21-19(11-14)26-7-8-27-21/h5-6,9-12H,7-8,22H2,1-4H3. The summed E-state index contributed by atoms with van der Waals surface area (Å²) in [5.41, 5.74) is 9.46. The molecule has 1 heterocycles. The Morgan fingerprint density at radius 1 is 1.19 bits per heavy atom. The molecule has 0 radical (unpaired) electrons. The van der Waals surface area contributed by atoms with Crippen LogP contribution in [0, 0.1) is 0 Å². The summed E-state index contributed by atoms with van der Waals surface area (Å²) in [6.07, 6.45) is 1.80. The van der Waals surface area contributed by atoms with Crippen LogP contribution in [0.1, 0.15) is 22.8 Å². The number of carbonyl (C=O) groups is 1. The predicted octanol–water partition coefficient (Wildman–Crippen LogP) is 3.40. The average molecular weight is 368 g/mol. The van der Waals surface area contributed by atoms with Crippen LogP contribution in [0.2, 0.25) is 0 Å². The number of Topliss-reactive ketones (excluding diaryl/α,β-unsaturated/α-hetero) is 1. The number of hydrogen-bond donors (Lipinski definition) is 1. The molecule has 2 N–H and O–H groups in total. The maximum Gasteiger partial charge on any atom is 0.203 e. The van der Waals surface area contributed by atoms with Gasteiger partial charge in [0.2, 0.25) is 5.75 Å². The van der Waals surface area contributed by atoms with Crippen molar-refractivity contribution in [3.05, 3.63) is 47.0 Å². The van der Waals surface area contributed by atoms with Gasteiger partial charge >= 0.3 is 0 Å². The smallest absolute Gasteiger partial charge is 0.203 e. The second-order valence-corrected chi connectivity index (χ2v) is 6.57. The number of fused-ring (bicyclic) bond motifs is 1. The Bertz CT molecular complexity index is 886. The van der Waals surface area contributed by atoms with Crippen LogP contribution in [0.3, 0.4) is 0 Å². The molecule has 0 aliphatic carbocycles. The highest BCUT2D eigenvalue weighted by Crippen LogP contribution is 2.41. The lowest BCUT2D eigenvalue weighted by atomic mass is 10.0. The molecule has 0 atom stereocenters. The van der Waals surface area contributed by atoms with Crippen molar-refractivity contribution in [2.24, 2.45) is 0 Å². The molecule has 2 aromatic carbocycles. The molecule has 0 aromatic heterocycles. The van der Waals surface area contributed by atoms with E-state index in [0.29, 0.717) is 47.3 Å². The van der Waals surface area contributed by atoms with Gasteiger partial charge in [0.05, 0.1) is 18.5 Å². The number of hydrogen-bond acceptors (Lipinski definition) is 6. The number of carbonyl (C=O) groups excluding carboxylic acids is 1. The molecule has 142 valence electrons. The zero-order chi connectivity index (χ0) is 19.6. The summed E-state index contributed by atoms with van der Waals surface area (Å²) in [7, 11) is 5.40. The SMILES string of the molecule is COc1cc(C=C(C)C(=O)c2ccc(N(C)C)c(N)c2)cc2c1OCCO2. The Balaban J connectivity index is 1.91. The zero-order valence-corrected chi connectivity index (χ0v) is 16.0. The maximum atomic E-state index is 12.8. The Hall–Kier alpha value is -3.15. The van der Waals surface area contributed by atoms with Crippen LogP contribution in [-0.2, 0) is 0 Å². The molecule has 0 fully saturated rings. The number of nitrogen functional groups attached to an aromatic ring is 1. The van der Waals surface area contributed by atoms with E-state index in [2.05, 4.69) is 0 Å². The highest BCUT2D eigenvalue weighted by Gasteiger charge is 2.18. The van der Waals surface area contributed by atoms with Gasteiger partial charge in [-0.25, -0.2) is 0 Å². The summed E-state index contributed by atoms with van der Waals surface area (Å²) in [4.78, 5) is 14.7. The molecule has 6 heteroatoms. The van der Waals surface area contributed by atoms with Gasteiger partial charge in [-0.3, -0.25) is 4.79 Å². The highest BCUT2D eigenvalue weighted by atomic mass is 16.6. The Morgan fingerprint density at radius 2 is 1.93 bits per heavy atom. The van der Waals surface area contributed by atoms with Gasteiger partial charge in [0.1, 0.15) is 13.2 Å². The first kappa shape index (κ1) is 18.6. The quantitative estimate of drug-likeness (QED) is 0.495. The number of nitrogens with two attached hydrogens (primary N) is 1. The fourth-order valence-corrected chi connectivity index (χ4v) is 3.02. The van der Waals surface area contributed by atoms with Gasteiger partial charge < -0.3 is 24.8 Å². The molecule has 0 spiro atoms. The van der Waals surface area contributed by atoms with Crippen molar-refractivity contribution in [1.29, 1.82) is 0 Å².